The molecule has 2 atom stereocenters. The van der Waals surface area contributed by atoms with E-state index in [1.165, 1.54) is 0 Å². The molecule has 2 unspecified atom stereocenters. The van der Waals surface area contributed by atoms with E-state index in [-0.39, 0.29) is 18.8 Å². The Hall–Kier alpha value is -1.25. The molecule has 0 aromatic rings. The van der Waals surface area contributed by atoms with Gasteiger partial charge in [0.1, 0.15) is 11.2 Å². The van der Waals surface area contributed by atoms with Gasteiger partial charge in [0.2, 0.25) is 0 Å². The Bertz CT molecular complexity index is 506. The number of carbonyl (C=O) groups is 1. The highest BCUT2D eigenvalue weighted by Gasteiger charge is 2.68. The Balaban J connectivity index is 2.25. The molecule has 1 saturated carbocycles. The van der Waals surface area contributed by atoms with Crippen LogP contribution in [0.15, 0.2) is 11.8 Å². The first kappa shape index (κ1) is 12.2. The monoisotopic (exact) mass is 272 g/mol. The van der Waals surface area contributed by atoms with Crippen molar-refractivity contribution in [2.75, 3.05) is 0 Å². The Morgan fingerprint density at radius 1 is 1.53 bits per heavy atom. The van der Waals surface area contributed by atoms with Gasteiger partial charge in [0.15, 0.2) is 0 Å². The third-order valence-electron chi connectivity index (χ3n) is 3.00. The van der Waals surface area contributed by atoms with Crippen molar-refractivity contribution in [3.8, 4) is 0 Å². The third-order valence-corrected chi connectivity index (χ3v) is 3.96. The molecule has 0 saturated heterocycles. The van der Waals surface area contributed by atoms with Crippen molar-refractivity contribution in [1.82, 2.24) is 0 Å². The lowest BCUT2D eigenvalue weighted by Gasteiger charge is -2.15. The largest absolute Gasteiger partial charge is 0.534 e. The van der Waals surface area contributed by atoms with Crippen molar-refractivity contribution < 1.29 is 35.7 Å². The van der Waals surface area contributed by atoms with Gasteiger partial charge in [-0.2, -0.15) is 21.6 Å². The molecule has 1 fully saturated rings. The number of halogens is 3. The van der Waals surface area contributed by atoms with Gasteiger partial charge in [-0.25, -0.2) is 0 Å². The van der Waals surface area contributed by atoms with E-state index in [9.17, 15) is 26.4 Å². The van der Waals surface area contributed by atoms with Crippen molar-refractivity contribution in [1.29, 1.82) is 0 Å². The number of allylic oxidation sites excluding steroid dienone is 1. The van der Waals surface area contributed by atoms with Gasteiger partial charge < -0.3 is 9.29 Å². The molecule has 0 aromatic carbocycles. The van der Waals surface area contributed by atoms with Crippen LogP contribution in [-0.2, 0) is 19.1 Å². The van der Waals surface area contributed by atoms with Crippen LogP contribution in [0.4, 0.5) is 13.2 Å². The fraction of sp³-hybridized carbons (Fsp3) is 0.625. The molecule has 0 bridgehead atoms. The average Bonchev–Trinajstić information content (AvgIpc) is 2.78. The summed E-state index contributed by atoms with van der Waals surface area (Å²) < 4.78 is 61.6. The predicted octanol–water partition coefficient (Wildman–Crippen LogP) is 1.23. The zero-order chi connectivity index (χ0) is 13.1. The SMILES string of the molecule is O=C(O)C12CC1CC=C2OS(=O)(=O)C(F)(F)F. The van der Waals surface area contributed by atoms with Gasteiger partial charge in [-0.15, -0.1) is 0 Å². The van der Waals surface area contributed by atoms with Gasteiger partial charge >= 0.3 is 21.6 Å². The number of hydrogen-bond acceptors (Lipinski definition) is 4. The second-order valence-electron chi connectivity index (χ2n) is 3.96. The number of alkyl halides is 3. The van der Waals surface area contributed by atoms with Crippen LogP contribution in [-0.4, -0.2) is 25.0 Å². The molecule has 17 heavy (non-hydrogen) atoms. The van der Waals surface area contributed by atoms with Crippen LogP contribution < -0.4 is 0 Å². The maximum absolute atomic E-state index is 12.1. The van der Waals surface area contributed by atoms with Gasteiger partial charge in [0, 0.05) is 0 Å². The molecule has 0 aromatic heterocycles. The van der Waals surface area contributed by atoms with Crippen molar-refractivity contribution in [2.45, 2.75) is 18.3 Å². The van der Waals surface area contributed by atoms with Gasteiger partial charge in [-0.05, 0) is 24.8 Å². The number of aliphatic carboxylic acids is 1. The lowest BCUT2D eigenvalue weighted by atomic mass is 10.1. The Labute approximate surface area is 94.0 Å². The molecule has 0 amide bonds. The topological polar surface area (TPSA) is 80.7 Å². The number of rotatable bonds is 3. The molecule has 0 radical (unpaired) electrons. The molecule has 9 heteroatoms. The minimum absolute atomic E-state index is 0.113. The van der Waals surface area contributed by atoms with Crippen LogP contribution in [0.1, 0.15) is 12.8 Å². The van der Waals surface area contributed by atoms with Crippen LogP contribution in [0, 0.1) is 11.3 Å². The summed E-state index contributed by atoms with van der Waals surface area (Å²) in [5.41, 5.74) is -7.13. The zero-order valence-electron chi connectivity index (χ0n) is 8.19. The van der Waals surface area contributed by atoms with Gasteiger partial charge in [-0.3, -0.25) is 4.79 Å². The van der Waals surface area contributed by atoms with Crippen molar-refractivity contribution >= 4 is 16.1 Å². The highest BCUT2D eigenvalue weighted by molar-refractivity contribution is 7.87. The Morgan fingerprint density at radius 3 is 2.53 bits per heavy atom. The van der Waals surface area contributed by atoms with Crippen LogP contribution in [0.25, 0.3) is 0 Å². The summed E-state index contributed by atoms with van der Waals surface area (Å²) in [6.45, 7) is 0. The first-order valence-electron chi connectivity index (χ1n) is 4.56. The number of carboxylic acid groups (broad SMARTS) is 1. The van der Waals surface area contributed by atoms with E-state index in [1.807, 2.05) is 0 Å². The summed E-state index contributed by atoms with van der Waals surface area (Å²) in [5, 5.41) is 8.89. The maximum atomic E-state index is 12.1. The van der Waals surface area contributed by atoms with Crippen LogP contribution in [0.5, 0.6) is 0 Å². The molecule has 2 rings (SSSR count). The molecule has 5 nitrogen and oxygen atoms in total. The van der Waals surface area contributed by atoms with Crippen molar-refractivity contribution in [3.05, 3.63) is 11.8 Å². The Kier molecular flexibility index (Phi) is 2.26. The second kappa shape index (κ2) is 3.15. The molecule has 1 N–H and O–H groups in total. The van der Waals surface area contributed by atoms with E-state index in [4.69, 9.17) is 5.11 Å². The number of carboxylic acids is 1. The second-order valence-corrected chi connectivity index (χ2v) is 5.50. The summed E-state index contributed by atoms with van der Waals surface area (Å²) in [6.07, 6.45) is 1.42. The van der Waals surface area contributed by atoms with Crippen molar-refractivity contribution in [3.63, 3.8) is 0 Å². The van der Waals surface area contributed by atoms with Crippen molar-refractivity contribution in [2.24, 2.45) is 11.3 Å². The molecule has 96 valence electrons. The molecule has 0 aliphatic heterocycles. The molecular formula is C8H7F3O5S. The van der Waals surface area contributed by atoms with E-state index in [0.29, 0.717) is 0 Å². The standard InChI is InChI=1S/C8H7F3O5S/c9-8(10,11)17(14,15)16-5-2-1-4-3-7(4,5)6(12)13/h2,4H,1,3H2,(H,12,13). The summed E-state index contributed by atoms with van der Waals surface area (Å²) >= 11 is 0. The fourth-order valence-electron chi connectivity index (χ4n) is 1.99. The van der Waals surface area contributed by atoms with E-state index in [2.05, 4.69) is 4.18 Å². The summed E-state index contributed by atoms with van der Waals surface area (Å²) in [7, 11) is -5.79. The quantitative estimate of drug-likeness (QED) is 0.617. The smallest absolute Gasteiger partial charge is 0.480 e. The molecule has 2 aliphatic carbocycles. The minimum Gasteiger partial charge on any atom is -0.480 e. The fourth-order valence-corrected chi connectivity index (χ4v) is 2.54. The highest BCUT2D eigenvalue weighted by atomic mass is 32.2. The summed E-state index contributed by atoms with van der Waals surface area (Å²) in [6, 6.07) is 0. The lowest BCUT2D eigenvalue weighted by molar-refractivity contribution is -0.143. The first-order chi connectivity index (χ1) is 7.61. The zero-order valence-corrected chi connectivity index (χ0v) is 9.01. The Morgan fingerprint density at radius 2 is 2.12 bits per heavy atom. The molecule has 0 spiro atoms. The first-order valence-corrected chi connectivity index (χ1v) is 5.97. The van der Waals surface area contributed by atoms with Gasteiger partial charge in [0.05, 0.1) is 0 Å². The van der Waals surface area contributed by atoms with E-state index in [0.717, 1.165) is 6.08 Å². The van der Waals surface area contributed by atoms with Gasteiger partial charge in [0.25, 0.3) is 0 Å². The van der Waals surface area contributed by atoms with Crippen LogP contribution in [0.2, 0.25) is 0 Å². The predicted molar refractivity (Wildman–Crippen MR) is 46.9 cm³/mol. The third kappa shape index (κ3) is 1.60. The number of fused-ring (bicyclic) bond motifs is 1. The van der Waals surface area contributed by atoms with Gasteiger partial charge in [-0.1, -0.05) is 0 Å². The molecule has 0 heterocycles. The van der Waals surface area contributed by atoms with E-state index < -0.39 is 32.8 Å². The maximum Gasteiger partial charge on any atom is 0.534 e. The molecule has 2 aliphatic rings. The normalized spacial score (nSPS) is 31.7. The summed E-state index contributed by atoms with van der Waals surface area (Å²) in [5.74, 6) is -2.34. The van der Waals surface area contributed by atoms with E-state index >= 15 is 0 Å². The average molecular weight is 272 g/mol. The summed E-state index contributed by atoms with van der Waals surface area (Å²) in [4.78, 5) is 10.9. The van der Waals surface area contributed by atoms with Crippen LogP contribution in [0.3, 0.4) is 0 Å². The minimum atomic E-state index is -5.79. The van der Waals surface area contributed by atoms with E-state index in [1.54, 1.807) is 0 Å². The highest BCUT2D eigenvalue weighted by Crippen LogP contribution is 2.64. The number of hydrogen-bond donors (Lipinski definition) is 1. The van der Waals surface area contributed by atoms with Crippen LogP contribution >= 0.6 is 0 Å². The lowest BCUT2D eigenvalue weighted by Crippen LogP contribution is -2.29. The molecular weight excluding hydrogens is 265 g/mol.